The Morgan fingerprint density at radius 2 is 2.00 bits per heavy atom. The molecule has 1 amide bonds. The fourth-order valence-electron chi connectivity index (χ4n) is 2.64. The van der Waals surface area contributed by atoms with Crippen LogP contribution >= 0.6 is 0 Å². The number of benzene rings is 1. The minimum absolute atomic E-state index is 0.0659. The normalized spacial score (nSPS) is 15.9. The highest BCUT2D eigenvalue weighted by Gasteiger charge is 2.29. The van der Waals surface area contributed by atoms with Gasteiger partial charge >= 0.3 is 0 Å². The highest BCUT2D eigenvalue weighted by atomic mass is 19.1. The van der Waals surface area contributed by atoms with Gasteiger partial charge in [-0.2, -0.15) is 0 Å². The summed E-state index contributed by atoms with van der Waals surface area (Å²) in [5.41, 5.74) is 0.185. The molecule has 1 aliphatic rings. The van der Waals surface area contributed by atoms with Crippen LogP contribution in [0.3, 0.4) is 0 Å². The molecule has 2 rings (SSSR count). The van der Waals surface area contributed by atoms with Crippen molar-refractivity contribution in [3.05, 3.63) is 34.1 Å². The highest BCUT2D eigenvalue weighted by Crippen LogP contribution is 2.32. The molecule has 1 heterocycles. The summed E-state index contributed by atoms with van der Waals surface area (Å²) < 4.78 is 13.4. The standard InChI is InChI=1S/C14H18FN3O3/c1-16(2)14(19)10-5-7-17(8-6-10)13-9-11(15)3-4-12(13)18(20)21/h3-4,9-10H,5-8H2,1-2H3. The Labute approximate surface area is 122 Å². The van der Waals surface area contributed by atoms with Gasteiger partial charge in [0.15, 0.2) is 0 Å². The first kappa shape index (κ1) is 15.2. The molecule has 1 saturated heterocycles. The van der Waals surface area contributed by atoms with Crippen molar-refractivity contribution < 1.29 is 14.1 Å². The number of nitrogens with zero attached hydrogens (tertiary/aromatic N) is 3. The van der Waals surface area contributed by atoms with E-state index < -0.39 is 10.7 Å². The summed E-state index contributed by atoms with van der Waals surface area (Å²) in [4.78, 5) is 25.8. The molecule has 114 valence electrons. The van der Waals surface area contributed by atoms with Gasteiger partial charge in [-0.25, -0.2) is 4.39 Å². The average Bonchev–Trinajstić information content (AvgIpc) is 2.46. The van der Waals surface area contributed by atoms with E-state index in [1.54, 1.807) is 23.9 Å². The van der Waals surface area contributed by atoms with Crippen LogP contribution in [0, 0.1) is 21.8 Å². The van der Waals surface area contributed by atoms with Gasteiger partial charge in [-0.3, -0.25) is 14.9 Å². The average molecular weight is 295 g/mol. The third-order valence-corrected chi connectivity index (χ3v) is 3.76. The first-order chi connectivity index (χ1) is 9.90. The maximum absolute atomic E-state index is 13.4. The topological polar surface area (TPSA) is 66.7 Å². The van der Waals surface area contributed by atoms with E-state index in [-0.39, 0.29) is 23.2 Å². The van der Waals surface area contributed by atoms with Crippen molar-refractivity contribution in [2.24, 2.45) is 5.92 Å². The van der Waals surface area contributed by atoms with Crippen molar-refractivity contribution in [3.8, 4) is 0 Å². The molecular formula is C14H18FN3O3. The first-order valence-corrected chi connectivity index (χ1v) is 6.80. The summed E-state index contributed by atoms with van der Waals surface area (Å²) in [6.45, 7) is 1.02. The Bertz CT molecular complexity index is 554. The highest BCUT2D eigenvalue weighted by molar-refractivity contribution is 5.78. The molecule has 1 fully saturated rings. The fourth-order valence-corrected chi connectivity index (χ4v) is 2.64. The van der Waals surface area contributed by atoms with Gasteiger partial charge in [0.1, 0.15) is 11.5 Å². The van der Waals surface area contributed by atoms with E-state index in [1.165, 1.54) is 12.1 Å². The monoisotopic (exact) mass is 295 g/mol. The van der Waals surface area contributed by atoms with E-state index in [2.05, 4.69) is 0 Å². The maximum atomic E-state index is 13.4. The quantitative estimate of drug-likeness (QED) is 0.632. The van der Waals surface area contributed by atoms with Crippen LogP contribution < -0.4 is 4.90 Å². The van der Waals surface area contributed by atoms with Gasteiger partial charge in [0.25, 0.3) is 5.69 Å². The first-order valence-electron chi connectivity index (χ1n) is 6.80. The number of anilines is 1. The molecule has 0 bridgehead atoms. The second kappa shape index (κ2) is 6.07. The van der Waals surface area contributed by atoms with E-state index >= 15 is 0 Å². The number of nitro benzene ring substituents is 1. The Morgan fingerprint density at radius 3 is 2.52 bits per heavy atom. The van der Waals surface area contributed by atoms with E-state index in [4.69, 9.17) is 0 Å². The summed E-state index contributed by atoms with van der Waals surface area (Å²) in [5.74, 6) is -0.491. The predicted molar refractivity (Wildman–Crippen MR) is 76.7 cm³/mol. The number of carbonyl (C=O) groups excluding carboxylic acids is 1. The molecule has 0 atom stereocenters. The molecule has 0 aliphatic carbocycles. The summed E-state index contributed by atoms with van der Waals surface area (Å²) in [7, 11) is 3.43. The number of amides is 1. The van der Waals surface area contributed by atoms with Crippen molar-refractivity contribution >= 4 is 17.3 Å². The molecule has 0 unspecified atom stereocenters. The molecule has 6 nitrogen and oxygen atoms in total. The van der Waals surface area contributed by atoms with Crippen LogP contribution in [-0.2, 0) is 4.79 Å². The van der Waals surface area contributed by atoms with Crippen molar-refractivity contribution in [2.75, 3.05) is 32.1 Å². The Balaban J connectivity index is 2.14. The van der Waals surface area contributed by atoms with Crippen molar-refractivity contribution in [1.29, 1.82) is 0 Å². The smallest absolute Gasteiger partial charge is 0.292 e. The molecule has 0 N–H and O–H groups in total. The molecular weight excluding hydrogens is 277 g/mol. The summed E-state index contributed by atoms with van der Waals surface area (Å²) >= 11 is 0. The number of piperidine rings is 1. The van der Waals surface area contributed by atoms with Gasteiger partial charge < -0.3 is 9.80 Å². The molecule has 0 saturated carbocycles. The predicted octanol–water partition coefficient (Wildman–Crippen LogP) is 2.04. The lowest BCUT2D eigenvalue weighted by Gasteiger charge is -2.33. The summed E-state index contributed by atoms with van der Waals surface area (Å²) in [6.07, 6.45) is 1.23. The van der Waals surface area contributed by atoms with E-state index in [0.29, 0.717) is 25.9 Å². The maximum Gasteiger partial charge on any atom is 0.292 e. The fraction of sp³-hybridized carbons (Fsp3) is 0.500. The van der Waals surface area contributed by atoms with Crippen LogP contribution in [0.2, 0.25) is 0 Å². The molecule has 1 aromatic carbocycles. The second-order valence-corrected chi connectivity index (χ2v) is 5.38. The zero-order valence-corrected chi connectivity index (χ0v) is 12.1. The van der Waals surface area contributed by atoms with E-state index in [0.717, 1.165) is 6.07 Å². The zero-order valence-electron chi connectivity index (χ0n) is 12.1. The number of nitro groups is 1. The van der Waals surface area contributed by atoms with Gasteiger partial charge in [0.05, 0.1) is 4.92 Å². The number of hydrogen-bond acceptors (Lipinski definition) is 4. The number of carbonyl (C=O) groups is 1. The van der Waals surface area contributed by atoms with Crippen molar-refractivity contribution in [1.82, 2.24) is 4.90 Å². The lowest BCUT2D eigenvalue weighted by Crippen LogP contribution is -2.40. The van der Waals surface area contributed by atoms with Crippen molar-refractivity contribution in [3.63, 3.8) is 0 Å². The van der Waals surface area contributed by atoms with Crippen LogP contribution in [0.15, 0.2) is 18.2 Å². The van der Waals surface area contributed by atoms with Crippen LogP contribution in [0.4, 0.5) is 15.8 Å². The minimum Gasteiger partial charge on any atom is -0.366 e. The van der Waals surface area contributed by atoms with Crippen LogP contribution in [0.5, 0.6) is 0 Å². The molecule has 1 aromatic rings. The molecule has 21 heavy (non-hydrogen) atoms. The van der Waals surface area contributed by atoms with Gasteiger partial charge in [-0.15, -0.1) is 0 Å². The SMILES string of the molecule is CN(C)C(=O)C1CCN(c2cc(F)ccc2[N+](=O)[O-])CC1. The Hall–Kier alpha value is -2.18. The second-order valence-electron chi connectivity index (χ2n) is 5.38. The minimum atomic E-state index is -0.508. The number of hydrogen-bond donors (Lipinski definition) is 0. The summed E-state index contributed by atoms with van der Waals surface area (Å²) in [5, 5.41) is 11.0. The molecule has 0 radical (unpaired) electrons. The van der Waals surface area contributed by atoms with E-state index in [1.807, 2.05) is 0 Å². The third kappa shape index (κ3) is 3.29. The van der Waals surface area contributed by atoms with Gasteiger partial charge in [0, 0.05) is 45.2 Å². The van der Waals surface area contributed by atoms with Crippen LogP contribution in [-0.4, -0.2) is 42.9 Å². The van der Waals surface area contributed by atoms with Gasteiger partial charge in [-0.1, -0.05) is 0 Å². The van der Waals surface area contributed by atoms with Gasteiger partial charge in [0.2, 0.25) is 5.91 Å². The summed E-state index contributed by atoms with van der Waals surface area (Å²) in [6, 6.07) is 3.46. The lowest BCUT2D eigenvalue weighted by molar-refractivity contribution is -0.384. The number of rotatable bonds is 3. The lowest BCUT2D eigenvalue weighted by atomic mass is 9.95. The largest absolute Gasteiger partial charge is 0.366 e. The Morgan fingerprint density at radius 1 is 1.38 bits per heavy atom. The number of halogens is 1. The van der Waals surface area contributed by atoms with E-state index in [9.17, 15) is 19.3 Å². The third-order valence-electron chi connectivity index (χ3n) is 3.76. The van der Waals surface area contributed by atoms with Crippen LogP contribution in [0.25, 0.3) is 0 Å². The zero-order chi connectivity index (χ0) is 15.6. The molecule has 0 spiro atoms. The van der Waals surface area contributed by atoms with Crippen LogP contribution in [0.1, 0.15) is 12.8 Å². The van der Waals surface area contributed by atoms with Crippen molar-refractivity contribution in [2.45, 2.75) is 12.8 Å². The van der Waals surface area contributed by atoms with Gasteiger partial charge in [-0.05, 0) is 18.9 Å². The molecule has 0 aromatic heterocycles. The molecule has 7 heteroatoms. The Kier molecular flexibility index (Phi) is 4.40. The molecule has 1 aliphatic heterocycles.